The number of benzene rings is 2. The summed E-state index contributed by atoms with van der Waals surface area (Å²) in [5.41, 5.74) is 3.49. The Bertz CT molecular complexity index is 583. The van der Waals surface area contributed by atoms with Crippen molar-refractivity contribution in [3.8, 4) is 0 Å². The first-order valence-electron chi connectivity index (χ1n) is 7.24. The zero-order valence-electron chi connectivity index (χ0n) is 12.3. The molecule has 21 heavy (non-hydrogen) atoms. The zero-order valence-corrected chi connectivity index (χ0v) is 13.8. The van der Waals surface area contributed by atoms with Crippen molar-refractivity contribution in [3.05, 3.63) is 65.7 Å². The van der Waals surface area contributed by atoms with Gasteiger partial charge in [0, 0.05) is 12.2 Å². The lowest BCUT2D eigenvalue weighted by atomic mass is 10.1. The van der Waals surface area contributed by atoms with Crippen molar-refractivity contribution < 1.29 is 4.79 Å². The van der Waals surface area contributed by atoms with Crippen molar-refractivity contribution in [1.82, 2.24) is 0 Å². The van der Waals surface area contributed by atoms with Gasteiger partial charge in [-0.2, -0.15) is 0 Å². The second kappa shape index (κ2) is 7.99. The molecule has 0 saturated carbocycles. The first-order valence-corrected chi connectivity index (χ1v) is 8.36. The number of rotatable bonds is 6. The third-order valence-electron chi connectivity index (χ3n) is 3.55. The van der Waals surface area contributed by atoms with Crippen molar-refractivity contribution in [3.63, 3.8) is 0 Å². The summed E-state index contributed by atoms with van der Waals surface area (Å²) >= 11 is 3.29. The Balaban J connectivity index is 2.20. The number of amides is 1. The van der Waals surface area contributed by atoms with Crippen LogP contribution < -0.4 is 4.90 Å². The largest absolute Gasteiger partial charge is 0.311 e. The summed E-state index contributed by atoms with van der Waals surface area (Å²) in [5.74, 6) is 0.104. The summed E-state index contributed by atoms with van der Waals surface area (Å²) in [6.07, 6.45) is 1.78. The SMILES string of the molecule is CCc1ccccc1N(CCc1ccccc1)C(=O)CBr. The molecule has 0 bridgehead atoms. The Morgan fingerprint density at radius 2 is 1.71 bits per heavy atom. The Morgan fingerprint density at radius 1 is 1.05 bits per heavy atom. The Kier molecular flexibility index (Phi) is 6.00. The van der Waals surface area contributed by atoms with Crippen LogP contribution in [0.4, 0.5) is 5.69 Å². The number of hydrogen-bond donors (Lipinski definition) is 0. The summed E-state index contributed by atoms with van der Waals surface area (Å²) in [6, 6.07) is 18.4. The number of para-hydroxylation sites is 1. The molecule has 0 aromatic heterocycles. The highest BCUT2D eigenvalue weighted by atomic mass is 79.9. The van der Waals surface area contributed by atoms with Gasteiger partial charge in [0.2, 0.25) is 5.91 Å². The van der Waals surface area contributed by atoms with E-state index in [1.54, 1.807) is 0 Å². The van der Waals surface area contributed by atoms with E-state index in [0.717, 1.165) is 18.5 Å². The molecule has 2 rings (SSSR count). The van der Waals surface area contributed by atoms with E-state index in [-0.39, 0.29) is 5.91 Å². The summed E-state index contributed by atoms with van der Waals surface area (Å²) in [7, 11) is 0. The van der Waals surface area contributed by atoms with Gasteiger partial charge in [0.05, 0.1) is 5.33 Å². The molecule has 2 nitrogen and oxygen atoms in total. The second-order valence-corrected chi connectivity index (χ2v) is 5.46. The first kappa shape index (κ1) is 15.8. The van der Waals surface area contributed by atoms with Crippen molar-refractivity contribution in [2.24, 2.45) is 0 Å². The molecule has 0 atom stereocenters. The normalized spacial score (nSPS) is 10.4. The molecule has 0 N–H and O–H groups in total. The molecular formula is C18H20BrNO. The summed E-state index contributed by atoms with van der Waals surface area (Å²) < 4.78 is 0. The van der Waals surface area contributed by atoms with Gasteiger partial charge in [-0.1, -0.05) is 71.4 Å². The number of halogens is 1. The smallest absolute Gasteiger partial charge is 0.237 e. The van der Waals surface area contributed by atoms with Crippen LogP contribution in [0.25, 0.3) is 0 Å². The molecule has 0 unspecified atom stereocenters. The number of aryl methyl sites for hydroxylation is 1. The molecule has 3 heteroatoms. The Labute approximate surface area is 134 Å². The lowest BCUT2D eigenvalue weighted by molar-refractivity contribution is -0.116. The molecule has 1 amide bonds. The minimum atomic E-state index is 0.104. The molecular weight excluding hydrogens is 326 g/mol. The van der Waals surface area contributed by atoms with Crippen LogP contribution in [0, 0.1) is 0 Å². The maximum absolute atomic E-state index is 12.3. The van der Waals surface area contributed by atoms with Crippen LogP contribution in [0.5, 0.6) is 0 Å². The number of carbonyl (C=O) groups is 1. The lowest BCUT2D eigenvalue weighted by Gasteiger charge is -2.24. The van der Waals surface area contributed by atoms with Crippen LogP contribution in [0.15, 0.2) is 54.6 Å². The third-order valence-corrected chi connectivity index (χ3v) is 4.03. The van der Waals surface area contributed by atoms with Crippen LogP contribution >= 0.6 is 15.9 Å². The van der Waals surface area contributed by atoms with E-state index in [9.17, 15) is 4.79 Å². The van der Waals surface area contributed by atoms with E-state index in [0.29, 0.717) is 11.9 Å². The van der Waals surface area contributed by atoms with Crippen LogP contribution in [0.2, 0.25) is 0 Å². The van der Waals surface area contributed by atoms with Crippen molar-refractivity contribution in [2.45, 2.75) is 19.8 Å². The van der Waals surface area contributed by atoms with Gasteiger partial charge in [-0.3, -0.25) is 4.79 Å². The molecule has 0 spiro atoms. The Morgan fingerprint density at radius 3 is 2.38 bits per heavy atom. The standard InChI is InChI=1S/C18H20BrNO/c1-2-16-10-6-7-11-17(16)20(18(21)14-19)13-12-15-8-4-3-5-9-15/h3-11H,2,12-14H2,1H3. The molecule has 0 saturated heterocycles. The summed E-state index contributed by atoms with van der Waals surface area (Å²) in [4.78, 5) is 14.2. The molecule has 0 heterocycles. The average Bonchev–Trinajstić information content (AvgIpc) is 2.56. The zero-order chi connectivity index (χ0) is 15.1. The van der Waals surface area contributed by atoms with Gasteiger partial charge in [-0.15, -0.1) is 0 Å². The van der Waals surface area contributed by atoms with Gasteiger partial charge in [0.15, 0.2) is 0 Å². The monoisotopic (exact) mass is 345 g/mol. The molecule has 2 aromatic rings. The van der Waals surface area contributed by atoms with Crippen LogP contribution in [-0.2, 0) is 17.6 Å². The molecule has 110 valence electrons. The highest BCUT2D eigenvalue weighted by Gasteiger charge is 2.16. The molecule has 2 aromatic carbocycles. The molecule has 0 aliphatic carbocycles. The van der Waals surface area contributed by atoms with E-state index in [1.807, 2.05) is 41.3 Å². The van der Waals surface area contributed by atoms with Gasteiger partial charge in [0.25, 0.3) is 0 Å². The minimum absolute atomic E-state index is 0.104. The predicted molar refractivity (Wildman–Crippen MR) is 92.1 cm³/mol. The highest BCUT2D eigenvalue weighted by Crippen LogP contribution is 2.22. The van der Waals surface area contributed by atoms with Crippen molar-refractivity contribution in [1.29, 1.82) is 0 Å². The van der Waals surface area contributed by atoms with E-state index < -0.39 is 0 Å². The molecule has 0 aliphatic rings. The minimum Gasteiger partial charge on any atom is -0.311 e. The number of anilines is 1. The fourth-order valence-corrected chi connectivity index (χ4v) is 2.71. The quantitative estimate of drug-likeness (QED) is 0.717. The second-order valence-electron chi connectivity index (χ2n) is 4.90. The molecule has 0 radical (unpaired) electrons. The van der Waals surface area contributed by atoms with Crippen LogP contribution in [-0.4, -0.2) is 17.8 Å². The fourth-order valence-electron chi connectivity index (χ4n) is 2.41. The summed E-state index contributed by atoms with van der Waals surface area (Å²) in [6.45, 7) is 2.82. The van der Waals surface area contributed by atoms with Gasteiger partial charge in [-0.05, 0) is 30.0 Å². The van der Waals surface area contributed by atoms with E-state index in [2.05, 4.69) is 41.1 Å². The number of carbonyl (C=O) groups excluding carboxylic acids is 1. The van der Waals surface area contributed by atoms with Gasteiger partial charge >= 0.3 is 0 Å². The highest BCUT2D eigenvalue weighted by molar-refractivity contribution is 9.09. The van der Waals surface area contributed by atoms with E-state index in [1.165, 1.54) is 11.1 Å². The van der Waals surface area contributed by atoms with Crippen LogP contribution in [0.1, 0.15) is 18.1 Å². The maximum atomic E-state index is 12.3. The fraction of sp³-hybridized carbons (Fsp3) is 0.278. The maximum Gasteiger partial charge on any atom is 0.237 e. The lowest BCUT2D eigenvalue weighted by Crippen LogP contribution is -2.34. The predicted octanol–water partition coefficient (Wildman–Crippen LogP) is 4.22. The Hall–Kier alpha value is -1.61. The molecule has 0 fully saturated rings. The number of nitrogens with zero attached hydrogens (tertiary/aromatic N) is 1. The van der Waals surface area contributed by atoms with Gasteiger partial charge in [-0.25, -0.2) is 0 Å². The summed E-state index contributed by atoms with van der Waals surface area (Å²) in [5, 5.41) is 0.347. The van der Waals surface area contributed by atoms with E-state index >= 15 is 0 Å². The van der Waals surface area contributed by atoms with Gasteiger partial charge in [0.1, 0.15) is 0 Å². The number of hydrogen-bond acceptors (Lipinski definition) is 1. The molecule has 0 aliphatic heterocycles. The first-order chi connectivity index (χ1) is 10.3. The third kappa shape index (κ3) is 4.18. The van der Waals surface area contributed by atoms with Crippen molar-refractivity contribution >= 4 is 27.5 Å². The van der Waals surface area contributed by atoms with Gasteiger partial charge < -0.3 is 4.90 Å². The average molecular weight is 346 g/mol. The van der Waals surface area contributed by atoms with E-state index in [4.69, 9.17) is 0 Å². The number of alkyl halides is 1. The van der Waals surface area contributed by atoms with Crippen molar-refractivity contribution in [2.75, 3.05) is 16.8 Å². The van der Waals surface area contributed by atoms with Crippen LogP contribution in [0.3, 0.4) is 0 Å². The topological polar surface area (TPSA) is 20.3 Å².